The van der Waals surface area contributed by atoms with Crippen molar-refractivity contribution in [3.63, 3.8) is 0 Å². The van der Waals surface area contributed by atoms with E-state index in [1.165, 1.54) is 14.2 Å². The van der Waals surface area contributed by atoms with Crippen LogP contribution in [0.3, 0.4) is 0 Å². The molecule has 0 aliphatic rings. The van der Waals surface area contributed by atoms with E-state index in [9.17, 15) is 9.59 Å². The smallest absolute Gasteiger partial charge is 0.268 e. The Hall–Kier alpha value is -4.26. The van der Waals surface area contributed by atoms with Gasteiger partial charge in [-0.05, 0) is 35.9 Å². The van der Waals surface area contributed by atoms with Gasteiger partial charge in [0.25, 0.3) is 11.8 Å². The molecule has 7 nitrogen and oxygen atoms in total. The molecular weight excluding hydrogens is 406 g/mol. The van der Waals surface area contributed by atoms with Crippen LogP contribution in [0.2, 0.25) is 0 Å². The topological polar surface area (TPSA) is 103 Å². The number of nitrogen functional groups attached to an aromatic ring is 1. The van der Waals surface area contributed by atoms with E-state index in [2.05, 4.69) is 10.6 Å². The van der Waals surface area contributed by atoms with Gasteiger partial charge in [0.05, 0.1) is 14.2 Å². The molecule has 7 heteroatoms. The lowest BCUT2D eigenvalue weighted by atomic mass is 10.1. The van der Waals surface area contributed by atoms with Crippen molar-refractivity contribution < 1.29 is 19.1 Å². The second-order valence-corrected chi connectivity index (χ2v) is 6.84. The second kappa shape index (κ2) is 10.7. The minimum atomic E-state index is -0.470. The van der Waals surface area contributed by atoms with Crippen LogP contribution in [0, 0.1) is 0 Å². The summed E-state index contributed by atoms with van der Waals surface area (Å²) < 4.78 is 10.8. The van der Waals surface area contributed by atoms with Crippen LogP contribution in [-0.2, 0) is 11.3 Å². The second-order valence-electron chi connectivity index (χ2n) is 6.84. The first kappa shape index (κ1) is 22.4. The molecule has 3 aromatic rings. The minimum Gasteiger partial charge on any atom is -0.493 e. The Labute approximate surface area is 186 Å². The van der Waals surface area contributed by atoms with Gasteiger partial charge in [-0.1, -0.05) is 48.5 Å². The highest BCUT2D eigenvalue weighted by molar-refractivity contribution is 6.05. The highest BCUT2D eigenvalue weighted by Crippen LogP contribution is 2.32. The predicted octanol–water partition coefficient (Wildman–Crippen LogP) is 3.37. The third kappa shape index (κ3) is 5.46. The monoisotopic (exact) mass is 431 g/mol. The summed E-state index contributed by atoms with van der Waals surface area (Å²) in [6, 6.07) is 21.2. The van der Waals surface area contributed by atoms with E-state index in [1.807, 2.05) is 24.3 Å². The molecule has 0 saturated heterocycles. The lowest BCUT2D eigenvalue weighted by Crippen LogP contribution is -2.34. The van der Waals surface area contributed by atoms with Crippen LogP contribution in [0.1, 0.15) is 21.5 Å². The first-order valence-corrected chi connectivity index (χ1v) is 9.94. The molecule has 0 radical (unpaired) electrons. The quantitative estimate of drug-likeness (QED) is 0.375. The van der Waals surface area contributed by atoms with E-state index in [4.69, 9.17) is 15.2 Å². The van der Waals surface area contributed by atoms with Gasteiger partial charge in [-0.3, -0.25) is 9.59 Å². The number of carbonyl (C=O) groups is 2. The van der Waals surface area contributed by atoms with Gasteiger partial charge in [0, 0.05) is 23.4 Å². The molecule has 0 aliphatic heterocycles. The number of para-hydroxylation sites is 2. The standard InChI is InChI=1S/C25H25N3O4/c1-31-22-14-8-12-18(23(22)32-2)15-21(28-24(29)17-9-4-3-5-10-17)25(30)27-16-19-11-6-7-13-20(19)26/h3-15H,16,26H2,1-2H3,(H,27,30)(H,28,29)/b21-15+. The molecule has 0 aliphatic carbocycles. The molecule has 0 spiro atoms. The number of benzene rings is 3. The Kier molecular flexibility index (Phi) is 7.48. The fourth-order valence-electron chi connectivity index (χ4n) is 3.09. The molecule has 4 N–H and O–H groups in total. The fraction of sp³-hybridized carbons (Fsp3) is 0.120. The van der Waals surface area contributed by atoms with Crippen LogP contribution in [-0.4, -0.2) is 26.0 Å². The number of rotatable bonds is 8. The highest BCUT2D eigenvalue weighted by atomic mass is 16.5. The molecule has 0 fully saturated rings. The van der Waals surface area contributed by atoms with Crippen LogP contribution < -0.4 is 25.8 Å². The van der Waals surface area contributed by atoms with Crippen molar-refractivity contribution in [2.24, 2.45) is 0 Å². The Morgan fingerprint density at radius 2 is 1.62 bits per heavy atom. The summed E-state index contributed by atoms with van der Waals surface area (Å²) in [5, 5.41) is 5.51. The van der Waals surface area contributed by atoms with Crippen molar-refractivity contribution in [1.82, 2.24) is 10.6 Å². The van der Waals surface area contributed by atoms with E-state index in [0.29, 0.717) is 28.3 Å². The molecule has 3 rings (SSSR count). The van der Waals surface area contributed by atoms with Crippen LogP contribution >= 0.6 is 0 Å². The molecule has 2 amide bonds. The maximum atomic E-state index is 13.0. The maximum absolute atomic E-state index is 13.0. The Balaban J connectivity index is 1.92. The summed E-state index contributed by atoms with van der Waals surface area (Å²) >= 11 is 0. The molecule has 32 heavy (non-hydrogen) atoms. The predicted molar refractivity (Wildman–Crippen MR) is 124 cm³/mol. The van der Waals surface area contributed by atoms with Gasteiger partial charge >= 0.3 is 0 Å². The molecule has 164 valence electrons. The van der Waals surface area contributed by atoms with E-state index < -0.39 is 11.8 Å². The molecule has 0 saturated carbocycles. The lowest BCUT2D eigenvalue weighted by Gasteiger charge is -2.14. The zero-order valence-corrected chi connectivity index (χ0v) is 17.9. The van der Waals surface area contributed by atoms with Gasteiger partial charge in [0.2, 0.25) is 0 Å². The summed E-state index contributed by atoms with van der Waals surface area (Å²) in [6.45, 7) is 0.208. The summed E-state index contributed by atoms with van der Waals surface area (Å²) in [7, 11) is 3.04. The number of carbonyl (C=O) groups excluding carboxylic acids is 2. The number of ether oxygens (including phenoxy) is 2. The van der Waals surface area contributed by atoms with Crippen LogP contribution in [0.4, 0.5) is 5.69 Å². The SMILES string of the molecule is COc1cccc(/C=C(/NC(=O)c2ccccc2)C(=O)NCc2ccccc2N)c1OC. The molecule has 0 atom stereocenters. The first-order valence-electron chi connectivity index (χ1n) is 9.94. The molecule has 0 aromatic heterocycles. The average Bonchev–Trinajstić information content (AvgIpc) is 2.83. The maximum Gasteiger partial charge on any atom is 0.268 e. The highest BCUT2D eigenvalue weighted by Gasteiger charge is 2.17. The van der Waals surface area contributed by atoms with Crippen molar-refractivity contribution in [3.05, 3.63) is 95.2 Å². The van der Waals surface area contributed by atoms with Crippen LogP contribution in [0.15, 0.2) is 78.5 Å². The normalized spacial score (nSPS) is 10.9. The first-order chi connectivity index (χ1) is 15.5. The minimum absolute atomic E-state index is 0.0555. The average molecular weight is 431 g/mol. The van der Waals surface area contributed by atoms with Crippen molar-refractivity contribution in [2.75, 3.05) is 20.0 Å². The molecule has 0 heterocycles. The van der Waals surface area contributed by atoms with Crippen molar-refractivity contribution in [3.8, 4) is 11.5 Å². The Bertz CT molecular complexity index is 1130. The molecule has 0 bridgehead atoms. The van der Waals surface area contributed by atoms with E-state index >= 15 is 0 Å². The number of nitrogens with one attached hydrogen (secondary N) is 2. The van der Waals surface area contributed by atoms with E-state index in [0.717, 1.165) is 5.56 Å². The van der Waals surface area contributed by atoms with Crippen molar-refractivity contribution in [1.29, 1.82) is 0 Å². The molecular formula is C25H25N3O4. The van der Waals surface area contributed by atoms with Gasteiger partial charge in [-0.2, -0.15) is 0 Å². The van der Waals surface area contributed by atoms with E-state index in [-0.39, 0.29) is 12.2 Å². The number of hydrogen-bond acceptors (Lipinski definition) is 5. The number of methoxy groups -OCH3 is 2. The van der Waals surface area contributed by atoms with Gasteiger partial charge in [-0.25, -0.2) is 0 Å². The number of amides is 2. The van der Waals surface area contributed by atoms with Crippen LogP contribution in [0.5, 0.6) is 11.5 Å². The van der Waals surface area contributed by atoms with Gasteiger partial charge in [0.15, 0.2) is 11.5 Å². The summed E-state index contributed by atoms with van der Waals surface area (Å²) in [5.74, 6) is 0.0736. The Morgan fingerprint density at radius 1 is 0.906 bits per heavy atom. The van der Waals surface area contributed by atoms with Gasteiger partial charge in [-0.15, -0.1) is 0 Å². The summed E-state index contributed by atoms with van der Waals surface area (Å²) in [5.41, 5.74) is 8.37. The largest absolute Gasteiger partial charge is 0.493 e. The third-order valence-corrected chi connectivity index (χ3v) is 4.76. The number of nitrogens with two attached hydrogens (primary N) is 1. The zero-order chi connectivity index (χ0) is 22.9. The number of hydrogen-bond donors (Lipinski definition) is 3. The number of anilines is 1. The van der Waals surface area contributed by atoms with Crippen molar-refractivity contribution in [2.45, 2.75) is 6.54 Å². The summed E-state index contributed by atoms with van der Waals surface area (Å²) in [4.78, 5) is 25.8. The molecule has 3 aromatic carbocycles. The van der Waals surface area contributed by atoms with Crippen LogP contribution in [0.25, 0.3) is 6.08 Å². The van der Waals surface area contributed by atoms with E-state index in [1.54, 1.807) is 54.6 Å². The third-order valence-electron chi connectivity index (χ3n) is 4.76. The Morgan fingerprint density at radius 3 is 2.31 bits per heavy atom. The lowest BCUT2D eigenvalue weighted by molar-refractivity contribution is -0.117. The van der Waals surface area contributed by atoms with Gasteiger partial charge in [0.1, 0.15) is 5.70 Å². The zero-order valence-electron chi connectivity index (χ0n) is 17.9. The fourth-order valence-corrected chi connectivity index (χ4v) is 3.09. The van der Waals surface area contributed by atoms with Crippen molar-refractivity contribution >= 4 is 23.6 Å². The molecule has 0 unspecified atom stereocenters. The summed E-state index contributed by atoms with van der Waals surface area (Å²) in [6.07, 6.45) is 1.55. The van der Waals surface area contributed by atoms with Gasteiger partial charge < -0.3 is 25.8 Å².